The third-order valence-corrected chi connectivity index (χ3v) is 4.04. The molecule has 1 heterocycles. The van der Waals surface area contributed by atoms with E-state index in [2.05, 4.69) is 12.2 Å². The van der Waals surface area contributed by atoms with E-state index in [4.69, 9.17) is 9.47 Å². The van der Waals surface area contributed by atoms with Gasteiger partial charge in [0.15, 0.2) is 0 Å². The smallest absolute Gasteiger partial charge is 0.323 e. The van der Waals surface area contributed by atoms with E-state index in [1.165, 1.54) is 7.11 Å². The molecule has 1 aromatic rings. The van der Waals surface area contributed by atoms with Crippen molar-refractivity contribution in [2.45, 2.75) is 38.8 Å². The second-order valence-electron chi connectivity index (χ2n) is 5.92. The van der Waals surface area contributed by atoms with Crippen LogP contribution < -0.4 is 10.1 Å². The Kier molecular flexibility index (Phi) is 7.06. The van der Waals surface area contributed by atoms with Crippen LogP contribution in [0.25, 0.3) is 0 Å². The van der Waals surface area contributed by atoms with Gasteiger partial charge in [0, 0.05) is 6.54 Å². The van der Waals surface area contributed by atoms with E-state index >= 15 is 0 Å². The number of nitrogens with one attached hydrogen (secondary N) is 1. The first kappa shape index (κ1) is 18.3. The first-order chi connectivity index (χ1) is 11.6. The van der Waals surface area contributed by atoms with Gasteiger partial charge in [-0.05, 0) is 43.5 Å². The van der Waals surface area contributed by atoms with Gasteiger partial charge in [0.2, 0.25) is 5.91 Å². The Morgan fingerprint density at radius 3 is 2.96 bits per heavy atom. The van der Waals surface area contributed by atoms with Crippen LogP contribution in [0, 0.1) is 0 Å². The summed E-state index contributed by atoms with van der Waals surface area (Å²) in [5.74, 6) is 0.459. The molecule has 0 aliphatic carbocycles. The van der Waals surface area contributed by atoms with Gasteiger partial charge in [-0.25, -0.2) is 0 Å². The average molecular weight is 334 g/mol. The van der Waals surface area contributed by atoms with E-state index in [9.17, 15) is 9.59 Å². The molecule has 1 unspecified atom stereocenters. The van der Waals surface area contributed by atoms with Gasteiger partial charge in [0.1, 0.15) is 11.8 Å². The van der Waals surface area contributed by atoms with E-state index in [1.54, 1.807) is 0 Å². The fourth-order valence-electron chi connectivity index (χ4n) is 2.82. The predicted molar refractivity (Wildman–Crippen MR) is 90.7 cm³/mol. The van der Waals surface area contributed by atoms with Gasteiger partial charge in [-0.1, -0.05) is 19.1 Å². The molecule has 2 rings (SSSR count). The lowest BCUT2D eigenvalue weighted by Crippen LogP contribution is -2.43. The van der Waals surface area contributed by atoms with Gasteiger partial charge in [-0.15, -0.1) is 0 Å². The van der Waals surface area contributed by atoms with Crippen molar-refractivity contribution in [2.24, 2.45) is 0 Å². The maximum atomic E-state index is 12.1. The number of hydrogen-bond donors (Lipinski definition) is 1. The Bertz CT molecular complexity index is 562. The summed E-state index contributed by atoms with van der Waals surface area (Å²) in [7, 11) is 1.38. The molecule has 0 saturated carbocycles. The average Bonchev–Trinajstić information content (AvgIpc) is 3.06. The summed E-state index contributed by atoms with van der Waals surface area (Å²) in [6.45, 7) is 4.14. The monoisotopic (exact) mass is 334 g/mol. The molecule has 0 radical (unpaired) electrons. The first-order valence-corrected chi connectivity index (χ1v) is 8.44. The molecule has 1 aliphatic heterocycles. The molecule has 1 N–H and O–H groups in total. The lowest BCUT2D eigenvalue weighted by Gasteiger charge is -2.21. The lowest BCUT2D eigenvalue weighted by molar-refractivity contribution is -0.146. The van der Waals surface area contributed by atoms with Crippen molar-refractivity contribution >= 4 is 11.9 Å². The van der Waals surface area contributed by atoms with E-state index < -0.39 is 0 Å². The number of methoxy groups -OCH3 is 1. The number of likely N-dealkylation sites (tertiary alicyclic amines) is 1. The van der Waals surface area contributed by atoms with Gasteiger partial charge in [0.05, 0.1) is 20.3 Å². The number of nitrogens with zero attached hydrogens (tertiary/aromatic N) is 1. The molecule has 1 saturated heterocycles. The van der Waals surface area contributed by atoms with E-state index in [0.29, 0.717) is 13.2 Å². The molecule has 0 spiro atoms. The molecule has 1 atom stereocenters. The first-order valence-electron chi connectivity index (χ1n) is 8.44. The number of esters is 1. The summed E-state index contributed by atoms with van der Waals surface area (Å²) in [5, 5.41) is 2.90. The molecule has 1 aromatic carbocycles. The SMILES string of the molecule is CCCOc1cccc(CNC(=O)CN2CCCC2C(=O)OC)c1. The highest BCUT2D eigenvalue weighted by molar-refractivity contribution is 5.80. The van der Waals surface area contributed by atoms with Crippen LogP contribution in [-0.2, 0) is 20.9 Å². The van der Waals surface area contributed by atoms with Crippen molar-refractivity contribution in [1.29, 1.82) is 0 Å². The van der Waals surface area contributed by atoms with Crippen molar-refractivity contribution in [3.63, 3.8) is 0 Å². The van der Waals surface area contributed by atoms with E-state index in [1.807, 2.05) is 29.2 Å². The number of carbonyl (C=O) groups is 2. The Balaban J connectivity index is 1.81. The zero-order valence-corrected chi connectivity index (χ0v) is 14.4. The van der Waals surface area contributed by atoms with Gasteiger partial charge < -0.3 is 14.8 Å². The molecule has 6 nitrogen and oxygen atoms in total. The van der Waals surface area contributed by atoms with E-state index in [-0.39, 0.29) is 24.5 Å². The number of rotatable bonds is 8. The largest absolute Gasteiger partial charge is 0.494 e. The van der Waals surface area contributed by atoms with Crippen LogP contribution in [0.3, 0.4) is 0 Å². The summed E-state index contributed by atoms with van der Waals surface area (Å²) in [4.78, 5) is 25.7. The Hall–Kier alpha value is -2.08. The molecule has 24 heavy (non-hydrogen) atoms. The highest BCUT2D eigenvalue weighted by Gasteiger charge is 2.32. The normalized spacial score (nSPS) is 17.5. The fraction of sp³-hybridized carbons (Fsp3) is 0.556. The highest BCUT2D eigenvalue weighted by Crippen LogP contribution is 2.18. The van der Waals surface area contributed by atoms with Gasteiger partial charge >= 0.3 is 5.97 Å². The van der Waals surface area contributed by atoms with Crippen molar-refractivity contribution in [2.75, 3.05) is 26.8 Å². The molecule has 6 heteroatoms. The topological polar surface area (TPSA) is 67.9 Å². The summed E-state index contributed by atoms with van der Waals surface area (Å²) < 4.78 is 10.4. The minimum atomic E-state index is -0.300. The third-order valence-electron chi connectivity index (χ3n) is 4.04. The van der Waals surface area contributed by atoms with Crippen LogP contribution in [0.2, 0.25) is 0 Å². The number of amides is 1. The number of hydrogen-bond acceptors (Lipinski definition) is 5. The van der Waals surface area contributed by atoms with Crippen LogP contribution in [0.4, 0.5) is 0 Å². The third kappa shape index (κ3) is 5.23. The van der Waals surface area contributed by atoms with Crippen molar-refractivity contribution in [1.82, 2.24) is 10.2 Å². The zero-order valence-electron chi connectivity index (χ0n) is 14.4. The van der Waals surface area contributed by atoms with Gasteiger partial charge in [-0.3, -0.25) is 14.5 Å². The van der Waals surface area contributed by atoms with Crippen LogP contribution in [0.1, 0.15) is 31.7 Å². The number of carbonyl (C=O) groups excluding carboxylic acids is 2. The quantitative estimate of drug-likeness (QED) is 0.733. The summed E-state index contributed by atoms with van der Waals surface area (Å²) in [6.07, 6.45) is 2.61. The Morgan fingerprint density at radius 2 is 2.21 bits per heavy atom. The maximum absolute atomic E-state index is 12.1. The molecule has 132 valence electrons. The zero-order chi connectivity index (χ0) is 17.4. The molecule has 0 bridgehead atoms. The van der Waals surface area contributed by atoms with Crippen molar-refractivity contribution in [3.05, 3.63) is 29.8 Å². The Labute approximate surface area is 143 Å². The molecule has 0 aromatic heterocycles. The van der Waals surface area contributed by atoms with Gasteiger partial charge in [0.25, 0.3) is 0 Å². The molecular weight excluding hydrogens is 308 g/mol. The Morgan fingerprint density at radius 1 is 1.38 bits per heavy atom. The van der Waals surface area contributed by atoms with Crippen LogP contribution in [0.15, 0.2) is 24.3 Å². The van der Waals surface area contributed by atoms with Crippen molar-refractivity contribution in [3.8, 4) is 5.75 Å². The minimum Gasteiger partial charge on any atom is -0.494 e. The second kappa shape index (κ2) is 9.27. The number of benzene rings is 1. The molecule has 1 aliphatic rings. The standard InChI is InChI=1S/C18H26N2O4/c1-3-10-24-15-7-4-6-14(11-15)12-19-17(21)13-20-9-5-8-16(20)18(22)23-2/h4,6-7,11,16H,3,5,8-10,12-13H2,1-2H3,(H,19,21). The highest BCUT2D eigenvalue weighted by atomic mass is 16.5. The molecule has 1 amide bonds. The second-order valence-corrected chi connectivity index (χ2v) is 5.92. The molecule has 1 fully saturated rings. The summed E-state index contributed by atoms with van der Waals surface area (Å²) in [6, 6.07) is 7.41. The fourth-order valence-corrected chi connectivity index (χ4v) is 2.82. The van der Waals surface area contributed by atoms with Crippen LogP contribution in [0.5, 0.6) is 5.75 Å². The van der Waals surface area contributed by atoms with Crippen LogP contribution in [-0.4, -0.2) is 49.6 Å². The summed E-state index contributed by atoms with van der Waals surface area (Å²) >= 11 is 0. The van der Waals surface area contributed by atoms with Crippen LogP contribution >= 0.6 is 0 Å². The maximum Gasteiger partial charge on any atom is 0.323 e. The van der Waals surface area contributed by atoms with Gasteiger partial charge in [-0.2, -0.15) is 0 Å². The predicted octanol–water partition coefficient (Wildman–Crippen LogP) is 1.73. The summed E-state index contributed by atoms with van der Waals surface area (Å²) in [5.41, 5.74) is 0.989. The minimum absolute atomic E-state index is 0.0920. The van der Waals surface area contributed by atoms with Crippen molar-refractivity contribution < 1.29 is 19.1 Å². The van der Waals surface area contributed by atoms with E-state index in [0.717, 1.165) is 37.1 Å². The lowest BCUT2D eigenvalue weighted by atomic mass is 10.2. The number of ether oxygens (including phenoxy) is 2. The molecular formula is C18H26N2O4.